The molecule has 0 saturated carbocycles. The summed E-state index contributed by atoms with van der Waals surface area (Å²) >= 11 is 1.54. The Labute approximate surface area is 127 Å². The van der Waals surface area contributed by atoms with Gasteiger partial charge in [0.05, 0.1) is 11.7 Å². The summed E-state index contributed by atoms with van der Waals surface area (Å²) in [6.45, 7) is 4.92. The van der Waals surface area contributed by atoms with E-state index in [0.29, 0.717) is 6.54 Å². The van der Waals surface area contributed by atoms with Crippen molar-refractivity contribution in [2.45, 2.75) is 33.2 Å². The first-order chi connectivity index (χ1) is 10.2. The second-order valence-corrected chi connectivity index (χ2v) is 5.98. The zero-order chi connectivity index (χ0) is 14.8. The van der Waals surface area contributed by atoms with Crippen LogP contribution in [0.25, 0.3) is 21.3 Å². The van der Waals surface area contributed by atoms with Crippen LogP contribution in [0, 0.1) is 0 Å². The molecular weight excluding hydrogens is 280 g/mol. The van der Waals surface area contributed by atoms with E-state index in [0.717, 1.165) is 34.2 Å². The van der Waals surface area contributed by atoms with Gasteiger partial charge in [0, 0.05) is 17.5 Å². The van der Waals surface area contributed by atoms with Crippen LogP contribution in [-0.4, -0.2) is 9.55 Å². The summed E-state index contributed by atoms with van der Waals surface area (Å²) in [5, 5.41) is 2.79. The molecule has 0 radical (unpaired) electrons. The molecule has 0 N–H and O–H groups in total. The van der Waals surface area contributed by atoms with Crippen molar-refractivity contribution in [3.8, 4) is 11.1 Å². The Morgan fingerprint density at radius 1 is 1.19 bits per heavy atom. The quantitative estimate of drug-likeness (QED) is 0.727. The fourth-order valence-electron chi connectivity index (χ4n) is 2.50. The van der Waals surface area contributed by atoms with Crippen LogP contribution in [0.1, 0.15) is 25.8 Å². The largest absolute Gasteiger partial charge is 0.299 e. The molecule has 0 aliphatic heterocycles. The van der Waals surface area contributed by atoms with Gasteiger partial charge in [-0.15, -0.1) is 11.3 Å². The standard InChI is InChI=1S/C17H18N2OS/c1-3-9-19-11-18-16-15(17(19)20)14(10-21-16)13-7-5-12(4-2)6-8-13/h5-8,10-11H,3-4,9H2,1-2H3. The van der Waals surface area contributed by atoms with E-state index in [4.69, 9.17) is 0 Å². The number of fused-ring (bicyclic) bond motifs is 1. The van der Waals surface area contributed by atoms with Gasteiger partial charge in [-0.1, -0.05) is 38.1 Å². The molecule has 0 amide bonds. The van der Waals surface area contributed by atoms with Crippen LogP contribution in [0.5, 0.6) is 0 Å². The van der Waals surface area contributed by atoms with Crippen LogP contribution in [0.15, 0.2) is 40.8 Å². The molecule has 0 unspecified atom stereocenters. The van der Waals surface area contributed by atoms with Gasteiger partial charge in [-0.3, -0.25) is 9.36 Å². The Bertz CT molecular complexity index is 815. The minimum atomic E-state index is 0.0673. The molecule has 0 aliphatic carbocycles. The van der Waals surface area contributed by atoms with Crippen molar-refractivity contribution >= 4 is 21.6 Å². The van der Waals surface area contributed by atoms with Crippen molar-refractivity contribution in [2.75, 3.05) is 0 Å². The van der Waals surface area contributed by atoms with Crippen LogP contribution < -0.4 is 5.56 Å². The van der Waals surface area contributed by atoms with Crippen LogP contribution >= 0.6 is 11.3 Å². The molecule has 2 aromatic heterocycles. The highest BCUT2D eigenvalue weighted by molar-refractivity contribution is 7.17. The monoisotopic (exact) mass is 298 g/mol. The summed E-state index contributed by atoms with van der Waals surface area (Å²) in [6, 6.07) is 8.44. The molecule has 0 saturated heterocycles. The van der Waals surface area contributed by atoms with Gasteiger partial charge in [0.25, 0.3) is 5.56 Å². The summed E-state index contributed by atoms with van der Waals surface area (Å²) in [6.07, 6.45) is 3.61. The molecule has 3 nitrogen and oxygen atoms in total. The third-order valence-electron chi connectivity index (χ3n) is 3.70. The summed E-state index contributed by atoms with van der Waals surface area (Å²) in [7, 11) is 0. The van der Waals surface area contributed by atoms with E-state index in [1.54, 1.807) is 10.9 Å². The van der Waals surface area contributed by atoms with Gasteiger partial charge in [0.1, 0.15) is 4.83 Å². The highest BCUT2D eigenvalue weighted by Crippen LogP contribution is 2.30. The van der Waals surface area contributed by atoms with E-state index in [-0.39, 0.29) is 5.56 Å². The number of thiophene rings is 1. The van der Waals surface area contributed by atoms with Gasteiger partial charge in [0.15, 0.2) is 0 Å². The van der Waals surface area contributed by atoms with E-state index in [1.807, 2.05) is 5.38 Å². The molecule has 1 aromatic carbocycles. The molecule has 21 heavy (non-hydrogen) atoms. The molecule has 0 bridgehead atoms. The maximum atomic E-state index is 12.6. The molecular formula is C17H18N2OS. The Hall–Kier alpha value is -1.94. The topological polar surface area (TPSA) is 34.9 Å². The smallest absolute Gasteiger partial charge is 0.262 e. The molecule has 2 heterocycles. The number of benzene rings is 1. The summed E-state index contributed by atoms with van der Waals surface area (Å²) in [5.74, 6) is 0. The third kappa shape index (κ3) is 2.51. The molecule has 0 aliphatic rings. The van der Waals surface area contributed by atoms with Crippen molar-refractivity contribution in [1.29, 1.82) is 0 Å². The van der Waals surface area contributed by atoms with Gasteiger partial charge in [-0.05, 0) is 24.0 Å². The second-order valence-electron chi connectivity index (χ2n) is 5.12. The maximum Gasteiger partial charge on any atom is 0.262 e. The normalized spacial score (nSPS) is 11.1. The summed E-state index contributed by atoms with van der Waals surface area (Å²) in [4.78, 5) is 17.9. The molecule has 108 valence electrons. The van der Waals surface area contributed by atoms with Gasteiger partial charge in [-0.2, -0.15) is 0 Å². The van der Waals surface area contributed by atoms with Crippen molar-refractivity contribution in [3.05, 3.63) is 51.9 Å². The third-order valence-corrected chi connectivity index (χ3v) is 4.58. The zero-order valence-electron chi connectivity index (χ0n) is 12.3. The van der Waals surface area contributed by atoms with Crippen LogP contribution in [0.3, 0.4) is 0 Å². The number of hydrogen-bond donors (Lipinski definition) is 0. The van der Waals surface area contributed by atoms with Gasteiger partial charge < -0.3 is 0 Å². The molecule has 3 rings (SSSR count). The SMILES string of the molecule is CCCn1cnc2scc(-c3ccc(CC)cc3)c2c1=O. The molecule has 0 fully saturated rings. The minimum Gasteiger partial charge on any atom is -0.299 e. The first-order valence-corrected chi connectivity index (χ1v) is 8.18. The molecule has 4 heteroatoms. The number of aromatic nitrogens is 2. The van der Waals surface area contributed by atoms with E-state index >= 15 is 0 Å². The lowest BCUT2D eigenvalue weighted by Gasteiger charge is -2.05. The second kappa shape index (κ2) is 5.82. The highest BCUT2D eigenvalue weighted by Gasteiger charge is 2.12. The fraction of sp³-hybridized carbons (Fsp3) is 0.294. The number of hydrogen-bond acceptors (Lipinski definition) is 3. The van der Waals surface area contributed by atoms with Gasteiger partial charge in [0.2, 0.25) is 0 Å². The minimum absolute atomic E-state index is 0.0673. The van der Waals surface area contributed by atoms with E-state index < -0.39 is 0 Å². The van der Waals surface area contributed by atoms with Crippen molar-refractivity contribution in [1.82, 2.24) is 9.55 Å². The van der Waals surface area contributed by atoms with E-state index in [9.17, 15) is 4.79 Å². The number of aryl methyl sites for hydroxylation is 2. The average Bonchev–Trinajstić information content (AvgIpc) is 2.95. The number of rotatable bonds is 4. The van der Waals surface area contributed by atoms with E-state index in [2.05, 4.69) is 43.1 Å². The molecule has 0 spiro atoms. The lowest BCUT2D eigenvalue weighted by molar-refractivity contribution is 0.648. The highest BCUT2D eigenvalue weighted by atomic mass is 32.1. The lowest BCUT2D eigenvalue weighted by Crippen LogP contribution is -2.20. The zero-order valence-corrected chi connectivity index (χ0v) is 13.1. The Kier molecular flexibility index (Phi) is 3.88. The van der Waals surface area contributed by atoms with Gasteiger partial charge >= 0.3 is 0 Å². The molecule has 3 aromatic rings. The Morgan fingerprint density at radius 3 is 2.62 bits per heavy atom. The van der Waals surface area contributed by atoms with Crippen LogP contribution in [-0.2, 0) is 13.0 Å². The van der Waals surface area contributed by atoms with Crippen LogP contribution in [0.4, 0.5) is 0 Å². The predicted molar refractivity (Wildman–Crippen MR) is 89.0 cm³/mol. The van der Waals surface area contributed by atoms with Crippen LogP contribution in [0.2, 0.25) is 0 Å². The Balaban J connectivity index is 2.18. The first kappa shape index (κ1) is 14.0. The van der Waals surface area contributed by atoms with Crippen molar-refractivity contribution < 1.29 is 0 Å². The number of nitrogens with zero attached hydrogens (tertiary/aromatic N) is 2. The summed E-state index contributed by atoms with van der Waals surface area (Å²) in [5.41, 5.74) is 3.46. The van der Waals surface area contributed by atoms with Crippen molar-refractivity contribution in [2.24, 2.45) is 0 Å². The van der Waals surface area contributed by atoms with Gasteiger partial charge in [-0.25, -0.2) is 4.98 Å². The predicted octanol–water partition coefficient (Wildman–Crippen LogP) is 4.10. The molecule has 0 atom stereocenters. The fourth-order valence-corrected chi connectivity index (χ4v) is 3.41. The Morgan fingerprint density at radius 2 is 1.95 bits per heavy atom. The average molecular weight is 298 g/mol. The maximum absolute atomic E-state index is 12.6. The van der Waals surface area contributed by atoms with E-state index in [1.165, 1.54) is 16.9 Å². The summed E-state index contributed by atoms with van der Waals surface area (Å²) < 4.78 is 1.71. The lowest BCUT2D eigenvalue weighted by atomic mass is 10.0. The van der Waals surface area contributed by atoms with Crippen molar-refractivity contribution in [3.63, 3.8) is 0 Å². The first-order valence-electron chi connectivity index (χ1n) is 7.30.